The van der Waals surface area contributed by atoms with Crippen LogP contribution in [0, 0.1) is 0 Å². The van der Waals surface area contributed by atoms with Gasteiger partial charge in [0, 0.05) is 6.61 Å². The Morgan fingerprint density at radius 3 is 1.33 bits per heavy atom. The molecule has 2 rings (SSSR count). The molecule has 0 aromatic rings. The number of hydrogen-bond donors (Lipinski definition) is 1. The Bertz CT molecular complexity index is 204. The van der Waals surface area contributed by atoms with Crippen molar-refractivity contribution in [1.29, 1.82) is 0 Å². The molecule has 0 unspecified atom stereocenters. The molecule has 0 aliphatic heterocycles. The van der Waals surface area contributed by atoms with Crippen LogP contribution in [0.15, 0.2) is 48.6 Å². The number of allylic oxidation sites excluding steroid dienone is 8. The van der Waals surface area contributed by atoms with E-state index < -0.39 is 16.5 Å². The zero-order chi connectivity index (χ0) is 13.9. The van der Waals surface area contributed by atoms with Gasteiger partial charge < -0.3 is 5.11 Å². The van der Waals surface area contributed by atoms with Gasteiger partial charge in [0.2, 0.25) is 0 Å². The van der Waals surface area contributed by atoms with Crippen LogP contribution < -0.4 is 0 Å². The third kappa shape index (κ3) is 25.1. The van der Waals surface area contributed by atoms with Crippen molar-refractivity contribution in [1.82, 2.24) is 0 Å². The van der Waals surface area contributed by atoms with Crippen LogP contribution in [-0.4, -0.2) is 11.7 Å². The van der Waals surface area contributed by atoms with Gasteiger partial charge in [0.1, 0.15) is 0 Å². The van der Waals surface area contributed by atoms with Crippen LogP contribution in [0.2, 0.25) is 0 Å². The molecule has 0 heterocycles. The van der Waals surface area contributed by atoms with E-state index in [1.165, 1.54) is 0 Å². The molecule has 0 bridgehead atoms. The molecule has 0 spiro atoms. The topological polar surface area (TPSA) is 20.2 Å². The Morgan fingerprint density at radius 2 is 1.28 bits per heavy atom. The van der Waals surface area contributed by atoms with Crippen LogP contribution in [0.25, 0.3) is 0 Å². The van der Waals surface area contributed by atoms with E-state index in [-0.39, 0.29) is 0 Å². The Balaban J connectivity index is 0. The molecule has 1 N–H and O–H groups in total. The fourth-order valence-corrected chi connectivity index (χ4v) is 0.944. The molecule has 0 aromatic carbocycles. The second-order valence-corrected chi connectivity index (χ2v) is 6.59. The average molecular weight is 472 g/mol. The van der Waals surface area contributed by atoms with E-state index in [9.17, 15) is 0 Å². The summed E-state index contributed by atoms with van der Waals surface area (Å²) in [5.41, 5.74) is 0. The normalized spacial score (nSPS) is 13.3. The number of hydrogen-bond acceptors (Lipinski definition) is 1. The van der Waals surface area contributed by atoms with Crippen LogP contribution in [0.5, 0.6) is 0 Å². The number of unbranched alkanes of at least 4 members (excludes halogenated alkanes) is 1. The number of aliphatic hydroxyl groups is 1. The number of aliphatic hydroxyl groups excluding tert-OH is 1. The Hall–Kier alpha value is 0.188. The third-order valence-electron chi connectivity index (χ3n) is 1.82. The summed E-state index contributed by atoms with van der Waals surface area (Å²) >= 11 is -0.472. The van der Waals surface area contributed by atoms with Crippen LogP contribution in [0.1, 0.15) is 32.6 Å². The predicted molar refractivity (Wildman–Crippen MR) is 79.5 cm³/mol. The Labute approximate surface area is 128 Å². The van der Waals surface area contributed by atoms with Gasteiger partial charge in [0.15, 0.2) is 0 Å². The monoisotopic (exact) mass is 471 g/mol. The van der Waals surface area contributed by atoms with Crippen molar-refractivity contribution < 1.29 is 21.6 Å². The van der Waals surface area contributed by atoms with Crippen molar-refractivity contribution in [3.8, 4) is 0 Å². The molecule has 0 atom stereocenters. The molecule has 2 aliphatic rings. The fraction of sp³-hybridized carbons (Fsp3) is 0.429. The zero-order valence-electron chi connectivity index (χ0n) is 10.7. The molecule has 2 aliphatic carbocycles. The molecular weight excluding hydrogens is 450 g/mol. The van der Waals surface area contributed by atoms with E-state index in [0.29, 0.717) is 6.61 Å². The second kappa shape index (κ2) is 22.4. The number of rotatable bonds is 2. The maximum absolute atomic E-state index is 8.07. The van der Waals surface area contributed by atoms with Gasteiger partial charge in [-0.3, -0.25) is 0 Å². The summed E-state index contributed by atoms with van der Waals surface area (Å²) < 4.78 is 0. The molecule has 108 valence electrons. The van der Waals surface area contributed by atoms with Gasteiger partial charge in [-0.1, -0.05) is 62.0 Å². The van der Waals surface area contributed by atoms with E-state index in [1.54, 1.807) is 0 Å². The zero-order valence-corrected chi connectivity index (χ0v) is 14.5. The third-order valence-corrected chi connectivity index (χ3v) is 1.82. The van der Waals surface area contributed by atoms with Crippen LogP contribution in [0.3, 0.4) is 0 Å². The molecule has 0 fully saturated rings. The van der Waals surface area contributed by atoms with Crippen LogP contribution in [0.4, 0.5) is 0 Å². The van der Waals surface area contributed by atoms with E-state index in [0.717, 1.165) is 25.7 Å². The summed E-state index contributed by atoms with van der Waals surface area (Å²) in [6.45, 7) is 2.40. The molecule has 0 aromatic heterocycles. The molecule has 0 saturated carbocycles. The first-order chi connectivity index (χ1) is 8.83. The van der Waals surface area contributed by atoms with Crippen molar-refractivity contribution in [2.24, 2.45) is 0 Å². The summed E-state index contributed by atoms with van der Waals surface area (Å²) in [5, 5.41) is 8.07. The Morgan fingerprint density at radius 1 is 0.944 bits per heavy atom. The van der Waals surface area contributed by atoms with Gasteiger partial charge in [-0.2, -0.15) is 0 Å². The van der Waals surface area contributed by atoms with Crippen molar-refractivity contribution in [3.63, 3.8) is 0 Å². The average Bonchev–Trinajstić information content (AvgIpc) is 3.11. The van der Waals surface area contributed by atoms with Gasteiger partial charge in [-0.05, 0) is 19.3 Å². The molecule has 0 saturated heterocycles. The first-order valence-corrected chi connectivity index (χ1v) is 11.5. The molecule has 0 radical (unpaired) electrons. The standard InChI is InChI=1S/2C5H6.C4H10O.2ClH.Pt/c2*1-2-4-5-3-1;1-2-3-4-5;;;/h2*1-4H,5H2;5H,2-4H2,1H3;2*1H;/q;;;;;+2/p-2. The van der Waals surface area contributed by atoms with Gasteiger partial charge in [0.05, 0.1) is 0 Å². The summed E-state index contributed by atoms with van der Waals surface area (Å²) in [6.07, 6.45) is 21.0. The predicted octanol–water partition coefficient (Wildman–Crippen LogP) is 5.16. The van der Waals surface area contributed by atoms with Crippen molar-refractivity contribution in [3.05, 3.63) is 48.6 Å². The first kappa shape index (κ1) is 20.5. The molecule has 1 nitrogen and oxygen atoms in total. The van der Waals surface area contributed by atoms with Gasteiger partial charge in [0.25, 0.3) is 0 Å². The summed E-state index contributed by atoms with van der Waals surface area (Å²) in [6, 6.07) is 0. The van der Waals surface area contributed by atoms with Crippen molar-refractivity contribution in [2.75, 3.05) is 6.61 Å². The maximum atomic E-state index is 8.07. The molecule has 18 heavy (non-hydrogen) atoms. The second-order valence-electron chi connectivity index (χ2n) is 3.31. The fourth-order valence-electron chi connectivity index (χ4n) is 0.944. The summed E-state index contributed by atoms with van der Waals surface area (Å²) in [5.74, 6) is 0. The first-order valence-electron chi connectivity index (χ1n) is 5.90. The quantitative estimate of drug-likeness (QED) is 0.589. The van der Waals surface area contributed by atoms with E-state index >= 15 is 0 Å². The van der Waals surface area contributed by atoms with Crippen molar-refractivity contribution >= 4 is 18.8 Å². The molecule has 0 amide bonds. The Kier molecular flexibility index (Phi) is 25.5. The van der Waals surface area contributed by atoms with Gasteiger partial charge >= 0.3 is 35.3 Å². The SMILES string of the molecule is C1=CCC=C1.C1=CCC=C1.CCCCO.[Cl][Pt][Cl]. The van der Waals surface area contributed by atoms with E-state index in [2.05, 4.69) is 55.5 Å². The van der Waals surface area contributed by atoms with Crippen molar-refractivity contribution in [2.45, 2.75) is 32.6 Å². The van der Waals surface area contributed by atoms with E-state index in [1.807, 2.05) is 0 Å². The summed E-state index contributed by atoms with van der Waals surface area (Å²) in [7, 11) is 9.75. The van der Waals surface area contributed by atoms with Gasteiger partial charge in [-0.15, -0.1) is 0 Å². The van der Waals surface area contributed by atoms with Gasteiger partial charge in [-0.25, -0.2) is 0 Å². The summed E-state index contributed by atoms with van der Waals surface area (Å²) in [4.78, 5) is 0. The van der Waals surface area contributed by atoms with E-state index in [4.69, 9.17) is 23.9 Å². The van der Waals surface area contributed by atoms with Crippen LogP contribution in [-0.2, 0) is 16.5 Å². The minimum absolute atomic E-state index is 0.344. The van der Waals surface area contributed by atoms with Crippen LogP contribution >= 0.6 is 18.8 Å². The number of halogens is 2. The minimum atomic E-state index is -0.472. The molecule has 4 heteroatoms. The molecular formula is C14H22Cl2OPt.